The normalized spacial score (nSPS) is 43.8. The Kier molecular flexibility index (Phi) is 2.03. The zero-order valence-electron chi connectivity index (χ0n) is 7.57. The first-order valence-electron chi connectivity index (χ1n) is 4.98. The van der Waals surface area contributed by atoms with Crippen LogP contribution in [0.15, 0.2) is 12.2 Å². The molecule has 1 saturated carbocycles. The van der Waals surface area contributed by atoms with Crippen molar-refractivity contribution in [3.05, 3.63) is 12.2 Å². The second-order valence-electron chi connectivity index (χ2n) is 4.09. The molecule has 0 amide bonds. The number of hydrogen-bond acceptors (Lipinski definition) is 1. The van der Waals surface area contributed by atoms with Crippen LogP contribution in [0.25, 0.3) is 0 Å². The van der Waals surface area contributed by atoms with Crippen molar-refractivity contribution >= 4 is 6.29 Å². The summed E-state index contributed by atoms with van der Waals surface area (Å²) in [6.45, 7) is 2.25. The maximum absolute atomic E-state index is 10.5. The van der Waals surface area contributed by atoms with Gasteiger partial charge in [-0.25, -0.2) is 0 Å². The van der Waals surface area contributed by atoms with Gasteiger partial charge >= 0.3 is 0 Å². The number of carbonyl (C=O) groups excluding carboxylic acids is 1. The number of rotatable bonds is 3. The molecule has 2 bridgehead atoms. The summed E-state index contributed by atoms with van der Waals surface area (Å²) in [4.78, 5) is 10.5. The smallest absolute Gasteiger partial charge is 0.120 e. The largest absolute Gasteiger partial charge is 0.303 e. The first-order chi connectivity index (χ1) is 5.86. The number of carbonyl (C=O) groups is 1. The van der Waals surface area contributed by atoms with E-state index in [2.05, 4.69) is 19.1 Å². The molecule has 1 heteroatoms. The molecule has 0 aromatic carbocycles. The Hall–Kier alpha value is -0.590. The summed E-state index contributed by atoms with van der Waals surface area (Å²) in [5, 5.41) is 0. The summed E-state index contributed by atoms with van der Waals surface area (Å²) < 4.78 is 0. The van der Waals surface area contributed by atoms with Gasteiger partial charge in [0.1, 0.15) is 6.29 Å². The van der Waals surface area contributed by atoms with Crippen LogP contribution in [0.5, 0.6) is 0 Å². The highest BCUT2D eigenvalue weighted by Gasteiger charge is 2.42. The average Bonchev–Trinajstić information content (AvgIpc) is 2.64. The fourth-order valence-electron chi connectivity index (χ4n) is 3.09. The number of allylic oxidation sites excluding steroid dienone is 2. The highest BCUT2D eigenvalue weighted by Crippen LogP contribution is 2.50. The number of fused-ring (bicyclic) bond motifs is 2. The van der Waals surface area contributed by atoms with E-state index < -0.39 is 0 Å². The predicted molar refractivity (Wildman–Crippen MR) is 48.7 cm³/mol. The molecule has 0 saturated heterocycles. The minimum Gasteiger partial charge on any atom is -0.303 e. The molecule has 2 aliphatic rings. The summed E-state index contributed by atoms with van der Waals surface area (Å²) in [7, 11) is 0. The third kappa shape index (κ3) is 1.03. The van der Waals surface area contributed by atoms with Crippen LogP contribution in [0.2, 0.25) is 0 Å². The van der Waals surface area contributed by atoms with Gasteiger partial charge in [0, 0.05) is 6.42 Å². The molecule has 1 fully saturated rings. The van der Waals surface area contributed by atoms with E-state index in [0.717, 1.165) is 30.5 Å². The highest BCUT2D eigenvalue weighted by atomic mass is 16.1. The van der Waals surface area contributed by atoms with Gasteiger partial charge in [0.15, 0.2) is 0 Å². The molecular formula is C11H16O. The Morgan fingerprint density at radius 2 is 2.00 bits per heavy atom. The summed E-state index contributed by atoms with van der Waals surface area (Å²) >= 11 is 0. The molecule has 12 heavy (non-hydrogen) atoms. The molecule has 1 nitrogen and oxygen atoms in total. The molecule has 0 N–H and O–H groups in total. The van der Waals surface area contributed by atoms with Gasteiger partial charge in [-0.15, -0.1) is 0 Å². The van der Waals surface area contributed by atoms with Crippen molar-refractivity contribution in [1.29, 1.82) is 0 Å². The van der Waals surface area contributed by atoms with E-state index in [1.54, 1.807) is 0 Å². The summed E-state index contributed by atoms with van der Waals surface area (Å²) in [5.41, 5.74) is 0. The molecule has 0 aliphatic heterocycles. The molecule has 2 aliphatic carbocycles. The van der Waals surface area contributed by atoms with Crippen molar-refractivity contribution in [3.8, 4) is 0 Å². The fourth-order valence-corrected chi connectivity index (χ4v) is 3.09. The molecule has 2 rings (SSSR count). The monoisotopic (exact) mass is 164 g/mol. The molecule has 0 aromatic rings. The van der Waals surface area contributed by atoms with Gasteiger partial charge in [-0.1, -0.05) is 25.5 Å². The lowest BCUT2D eigenvalue weighted by atomic mass is 9.80. The van der Waals surface area contributed by atoms with E-state index >= 15 is 0 Å². The van der Waals surface area contributed by atoms with E-state index in [4.69, 9.17) is 0 Å². The van der Waals surface area contributed by atoms with E-state index in [1.807, 2.05) is 0 Å². The van der Waals surface area contributed by atoms with Crippen LogP contribution >= 0.6 is 0 Å². The second kappa shape index (κ2) is 3.04. The summed E-state index contributed by atoms with van der Waals surface area (Å²) in [5.74, 6) is 2.99. The van der Waals surface area contributed by atoms with Crippen LogP contribution in [-0.4, -0.2) is 6.29 Å². The van der Waals surface area contributed by atoms with Crippen molar-refractivity contribution in [3.63, 3.8) is 0 Å². The third-order valence-corrected chi connectivity index (χ3v) is 3.64. The molecule has 0 radical (unpaired) electrons. The van der Waals surface area contributed by atoms with Crippen LogP contribution in [0.4, 0.5) is 0 Å². The average molecular weight is 164 g/mol. The summed E-state index contributed by atoms with van der Waals surface area (Å²) in [6.07, 6.45) is 9.12. The van der Waals surface area contributed by atoms with Crippen molar-refractivity contribution in [2.45, 2.75) is 26.2 Å². The lowest BCUT2D eigenvalue weighted by Crippen LogP contribution is -2.19. The molecular weight excluding hydrogens is 148 g/mol. The number of aldehydes is 1. The lowest BCUT2D eigenvalue weighted by molar-refractivity contribution is -0.109. The Morgan fingerprint density at radius 3 is 2.58 bits per heavy atom. The Balaban J connectivity index is 2.11. The lowest BCUT2D eigenvalue weighted by Gasteiger charge is -2.25. The maximum Gasteiger partial charge on any atom is 0.120 e. The molecule has 0 spiro atoms. The van der Waals surface area contributed by atoms with Crippen LogP contribution in [-0.2, 0) is 4.79 Å². The van der Waals surface area contributed by atoms with Gasteiger partial charge in [-0.2, -0.15) is 0 Å². The van der Waals surface area contributed by atoms with Crippen LogP contribution in [0, 0.1) is 23.7 Å². The van der Waals surface area contributed by atoms with Crippen LogP contribution < -0.4 is 0 Å². The molecule has 66 valence electrons. The van der Waals surface area contributed by atoms with Crippen molar-refractivity contribution in [2.24, 2.45) is 23.7 Å². The minimum atomic E-state index is 0.669. The zero-order valence-corrected chi connectivity index (χ0v) is 7.57. The standard InChI is InChI=1S/C11H16O/c1-2-10-8-3-4-9(7-8)11(10)5-6-12/h3-4,6,8-11H,2,5,7H2,1H3. The van der Waals surface area contributed by atoms with Gasteiger partial charge < -0.3 is 4.79 Å². The van der Waals surface area contributed by atoms with Gasteiger partial charge in [0.25, 0.3) is 0 Å². The fraction of sp³-hybridized carbons (Fsp3) is 0.727. The van der Waals surface area contributed by atoms with Gasteiger partial charge in [-0.05, 0) is 30.1 Å². The zero-order chi connectivity index (χ0) is 8.55. The predicted octanol–water partition coefficient (Wildman–Crippen LogP) is 2.42. The second-order valence-corrected chi connectivity index (χ2v) is 4.09. The first kappa shape index (κ1) is 8.03. The third-order valence-electron chi connectivity index (χ3n) is 3.64. The highest BCUT2D eigenvalue weighted by molar-refractivity contribution is 5.50. The molecule has 0 heterocycles. The maximum atomic E-state index is 10.5. The molecule has 4 unspecified atom stereocenters. The van der Waals surface area contributed by atoms with Crippen molar-refractivity contribution < 1.29 is 4.79 Å². The Labute approximate surface area is 73.8 Å². The van der Waals surface area contributed by atoms with Crippen LogP contribution in [0.1, 0.15) is 26.2 Å². The van der Waals surface area contributed by atoms with Gasteiger partial charge in [0.05, 0.1) is 0 Å². The van der Waals surface area contributed by atoms with E-state index in [1.165, 1.54) is 12.8 Å². The van der Waals surface area contributed by atoms with Crippen molar-refractivity contribution in [1.82, 2.24) is 0 Å². The van der Waals surface area contributed by atoms with Crippen molar-refractivity contribution in [2.75, 3.05) is 0 Å². The van der Waals surface area contributed by atoms with Gasteiger partial charge in [-0.3, -0.25) is 0 Å². The van der Waals surface area contributed by atoms with E-state index in [9.17, 15) is 4.79 Å². The first-order valence-corrected chi connectivity index (χ1v) is 4.98. The Bertz CT molecular complexity index is 207. The minimum absolute atomic E-state index is 0.669. The van der Waals surface area contributed by atoms with Gasteiger partial charge in [0.2, 0.25) is 0 Å². The molecule has 0 aromatic heterocycles. The van der Waals surface area contributed by atoms with Crippen LogP contribution in [0.3, 0.4) is 0 Å². The summed E-state index contributed by atoms with van der Waals surface area (Å²) in [6, 6.07) is 0. The van der Waals surface area contributed by atoms with E-state index in [0.29, 0.717) is 5.92 Å². The topological polar surface area (TPSA) is 17.1 Å². The molecule has 4 atom stereocenters. The Morgan fingerprint density at radius 1 is 1.33 bits per heavy atom. The number of hydrogen-bond donors (Lipinski definition) is 0. The van der Waals surface area contributed by atoms with E-state index in [-0.39, 0.29) is 0 Å². The quantitative estimate of drug-likeness (QED) is 0.462. The SMILES string of the molecule is CCC1C2C=CC(C2)C1CC=O.